The zero-order valence-corrected chi connectivity index (χ0v) is 17.8. The molecule has 1 amide bonds. The smallest absolute Gasteiger partial charge is 0.227 e. The minimum Gasteiger partial charge on any atom is -0.497 e. The molecule has 0 aromatic heterocycles. The highest BCUT2D eigenvalue weighted by Crippen LogP contribution is 2.25. The first-order chi connectivity index (χ1) is 15.2. The van der Waals surface area contributed by atoms with Crippen LogP contribution in [0, 0.1) is 0 Å². The Balaban J connectivity index is 1.39. The van der Waals surface area contributed by atoms with Gasteiger partial charge in [-0.05, 0) is 41.0 Å². The maximum atomic E-state index is 12.9. The van der Waals surface area contributed by atoms with Crippen molar-refractivity contribution < 1.29 is 19.0 Å². The van der Waals surface area contributed by atoms with Crippen LogP contribution in [0.2, 0.25) is 0 Å². The number of methoxy groups -OCH3 is 1. The second-order valence-corrected chi connectivity index (χ2v) is 7.61. The van der Waals surface area contributed by atoms with Gasteiger partial charge >= 0.3 is 0 Å². The minimum atomic E-state index is 0.0791. The largest absolute Gasteiger partial charge is 0.497 e. The van der Waals surface area contributed by atoms with Crippen LogP contribution < -0.4 is 9.47 Å². The first-order valence-electron chi connectivity index (χ1n) is 10.5. The van der Waals surface area contributed by atoms with E-state index in [-0.39, 0.29) is 5.91 Å². The standard InChI is InChI=1S/C26H27NO4/c1-29-24-9-5-8-21(15-24)16-26(28)27-12-13-31-25-11-10-22(14-23(25)17-27)19-30-18-20-6-3-2-4-7-20/h2-11,14-15H,12-13,16-19H2,1H3. The van der Waals surface area contributed by atoms with Gasteiger partial charge in [0, 0.05) is 12.1 Å². The van der Waals surface area contributed by atoms with Crippen LogP contribution in [0.4, 0.5) is 0 Å². The Morgan fingerprint density at radius 1 is 0.935 bits per heavy atom. The molecule has 160 valence electrons. The van der Waals surface area contributed by atoms with Gasteiger partial charge in [-0.25, -0.2) is 0 Å². The molecule has 0 atom stereocenters. The Bertz CT molecular complexity index is 1020. The summed E-state index contributed by atoms with van der Waals surface area (Å²) in [6.07, 6.45) is 0.340. The van der Waals surface area contributed by atoms with E-state index in [1.807, 2.05) is 59.5 Å². The van der Waals surface area contributed by atoms with Crippen LogP contribution >= 0.6 is 0 Å². The molecule has 0 radical (unpaired) electrons. The molecule has 0 unspecified atom stereocenters. The second-order valence-electron chi connectivity index (χ2n) is 7.61. The molecule has 31 heavy (non-hydrogen) atoms. The van der Waals surface area contributed by atoms with Crippen LogP contribution in [0.5, 0.6) is 11.5 Å². The summed E-state index contributed by atoms with van der Waals surface area (Å²) in [5.41, 5.74) is 4.17. The van der Waals surface area contributed by atoms with Gasteiger partial charge in [0.25, 0.3) is 0 Å². The monoisotopic (exact) mass is 417 g/mol. The molecular formula is C26H27NO4. The number of carbonyl (C=O) groups excluding carboxylic acids is 1. The number of amides is 1. The first kappa shape index (κ1) is 20.9. The predicted octanol–water partition coefficient (Wildman–Crippen LogP) is 4.38. The van der Waals surface area contributed by atoms with Crippen molar-refractivity contribution in [3.8, 4) is 11.5 Å². The maximum Gasteiger partial charge on any atom is 0.227 e. The number of nitrogens with zero attached hydrogens (tertiary/aromatic N) is 1. The van der Waals surface area contributed by atoms with Crippen LogP contribution in [-0.2, 0) is 35.7 Å². The topological polar surface area (TPSA) is 48.0 Å². The van der Waals surface area contributed by atoms with Crippen LogP contribution in [0.1, 0.15) is 22.3 Å². The Morgan fingerprint density at radius 3 is 2.58 bits per heavy atom. The van der Waals surface area contributed by atoms with Crippen molar-refractivity contribution in [1.29, 1.82) is 0 Å². The van der Waals surface area contributed by atoms with Gasteiger partial charge in [0.15, 0.2) is 0 Å². The lowest BCUT2D eigenvalue weighted by Crippen LogP contribution is -2.33. The third-order valence-electron chi connectivity index (χ3n) is 5.33. The number of benzene rings is 3. The first-order valence-corrected chi connectivity index (χ1v) is 10.5. The molecule has 1 heterocycles. The average molecular weight is 418 g/mol. The Hall–Kier alpha value is -3.31. The fourth-order valence-corrected chi connectivity index (χ4v) is 3.68. The molecule has 0 saturated heterocycles. The Morgan fingerprint density at radius 2 is 1.74 bits per heavy atom. The summed E-state index contributed by atoms with van der Waals surface area (Å²) in [6, 6.07) is 23.8. The van der Waals surface area contributed by atoms with E-state index in [1.54, 1.807) is 7.11 Å². The summed E-state index contributed by atoms with van der Waals surface area (Å²) in [5.74, 6) is 1.67. The number of rotatable bonds is 7. The predicted molar refractivity (Wildman–Crippen MR) is 119 cm³/mol. The normalized spacial score (nSPS) is 13.1. The van der Waals surface area contributed by atoms with Crippen molar-refractivity contribution in [3.63, 3.8) is 0 Å². The molecule has 0 spiro atoms. The number of carbonyl (C=O) groups is 1. The van der Waals surface area contributed by atoms with Crippen molar-refractivity contribution in [2.75, 3.05) is 20.3 Å². The molecule has 5 heteroatoms. The molecule has 0 saturated carbocycles. The highest BCUT2D eigenvalue weighted by Gasteiger charge is 2.20. The Labute approximate surface area is 183 Å². The van der Waals surface area contributed by atoms with Crippen LogP contribution in [0.15, 0.2) is 72.8 Å². The molecule has 5 nitrogen and oxygen atoms in total. The number of ether oxygens (including phenoxy) is 3. The van der Waals surface area contributed by atoms with E-state index in [9.17, 15) is 4.79 Å². The van der Waals surface area contributed by atoms with Crippen LogP contribution in [0.25, 0.3) is 0 Å². The molecule has 4 rings (SSSR count). The van der Waals surface area contributed by atoms with Gasteiger partial charge < -0.3 is 19.1 Å². The summed E-state index contributed by atoms with van der Waals surface area (Å²) in [5, 5.41) is 0. The van der Waals surface area contributed by atoms with Crippen molar-refractivity contribution in [2.24, 2.45) is 0 Å². The molecule has 0 aliphatic carbocycles. The number of hydrogen-bond acceptors (Lipinski definition) is 4. The summed E-state index contributed by atoms with van der Waals surface area (Å²) in [7, 11) is 1.63. The van der Waals surface area contributed by atoms with Gasteiger partial charge in [-0.2, -0.15) is 0 Å². The van der Waals surface area contributed by atoms with Crippen LogP contribution in [0.3, 0.4) is 0 Å². The van der Waals surface area contributed by atoms with Gasteiger partial charge in [0.1, 0.15) is 18.1 Å². The highest BCUT2D eigenvalue weighted by molar-refractivity contribution is 5.79. The highest BCUT2D eigenvalue weighted by atomic mass is 16.5. The molecule has 3 aromatic carbocycles. The van der Waals surface area contributed by atoms with E-state index >= 15 is 0 Å². The SMILES string of the molecule is COc1cccc(CC(=O)N2CCOc3ccc(COCc4ccccc4)cc3C2)c1. The quantitative estimate of drug-likeness (QED) is 0.573. The lowest BCUT2D eigenvalue weighted by atomic mass is 10.1. The zero-order chi connectivity index (χ0) is 21.5. The molecule has 0 N–H and O–H groups in total. The van der Waals surface area contributed by atoms with Gasteiger partial charge in [-0.3, -0.25) is 4.79 Å². The molecule has 1 aliphatic rings. The van der Waals surface area contributed by atoms with E-state index in [0.29, 0.717) is 39.3 Å². The van der Waals surface area contributed by atoms with Crippen molar-refractivity contribution in [2.45, 2.75) is 26.2 Å². The fourth-order valence-electron chi connectivity index (χ4n) is 3.68. The summed E-state index contributed by atoms with van der Waals surface area (Å²) in [6.45, 7) is 2.67. The van der Waals surface area contributed by atoms with Gasteiger partial charge in [-0.15, -0.1) is 0 Å². The fraction of sp³-hybridized carbons (Fsp3) is 0.269. The number of fused-ring (bicyclic) bond motifs is 1. The molecule has 1 aliphatic heterocycles. The van der Waals surface area contributed by atoms with Crippen molar-refractivity contribution in [1.82, 2.24) is 4.90 Å². The van der Waals surface area contributed by atoms with E-state index in [0.717, 1.165) is 33.8 Å². The average Bonchev–Trinajstić information content (AvgIpc) is 3.02. The van der Waals surface area contributed by atoms with Gasteiger partial charge in [0.2, 0.25) is 5.91 Å². The summed E-state index contributed by atoms with van der Waals surface area (Å²) < 4.78 is 17.0. The van der Waals surface area contributed by atoms with Crippen LogP contribution in [-0.4, -0.2) is 31.1 Å². The van der Waals surface area contributed by atoms with Crippen molar-refractivity contribution in [3.05, 3.63) is 95.1 Å². The maximum absolute atomic E-state index is 12.9. The van der Waals surface area contributed by atoms with E-state index < -0.39 is 0 Å². The lowest BCUT2D eigenvalue weighted by molar-refractivity contribution is -0.131. The van der Waals surface area contributed by atoms with Gasteiger partial charge in [-0.1, -0.05) is 48.5 Å². The van der Waals surface area contributed by atoms with E-state index in [1.165, 1.54) is 0 Å². The lowest BCUT2D eigenvalue weighted by Gasteiger charge is -2.20. The molecular weight excluding hydrogens is 390 g/mol. The summed E-state index contributed by atoms with van der Waals surface area (Å²) in [4.78, 5) is 14.8. The Kier molecular flexibility index (Phi) is 6.85. The molecule has 0 fully saturated rings. The van der Waals surface area contributed by atoms with E-state index in [2.05, 4.69) is 18.2 Å². The zero-order valence-electron chi connectivity index (χ0n) is 17.8. The third kappa shape index (κ3) is 5.64. The third-order valence-corrected chi connectivity index (χ3v) is 5.33. The van der Waals surface area contributed by atoms with Crippen molar-refractivity contribution >= 4 is 5.91 Å². The molecule has 0 bridgehead atoms. The van der Waals surface area contributed by atoms with E-state index in [4.69, 9.17) is 14.2 Å². The minimum absolute atomic E-state index is 0.0791. The number of hydrogen-bond donors (Lipinski definition) is 0. The molecule has 3 aromatic rings. The summed E-state index contributed by atoms with van der Waals surface area (Å²) >= 11 is 0. The second kappa shape index (κ2) is 10.1. The van der Waals surface area contributed by atoms with Gasteiger partial charge in [0.05, 0.1) is 33.3 Å².